The Bertz CT molecular complexity index is 1200. The van der Waals surface area contributed by atoms with Gasteiger partial charge in [0.2, 0.25) is 5.91 Å². The lowest BCUT2D eigenvalue weighted by atomic mass is 10.0. The van der Waals surface area contributed by atoms with Gasteiger partial charge < -0.3 is 15.0 Å². The minimum Gasteiger partial charge on any atom is -0.496 e. The first-order valence-corrected chi connectivity index (χ1v) is 10.8. The van der Waals surface area contributed by atoms with Crippen LogP contribution in [-0.2, 0) is 11.0 Å². The van der Waals surface area contributed by atoms with Gasteiger partial charge in [-0.15, -0.1) is 0 Å². The highest BCUT2D eigenvalue weighted by Gasteiger charge is 2.33. The molecule has 9 heteroatoms. The molecule has 4 rings (SSSR count). The average Bonchev–Trinajstić information content (AvgIpc) is 2.83. The molecule has 0 saturated carbocycles. The number of hydrogen-bond donors (Lipinski definition) is 1. The van der Waals surface area contributed by atoms with Gasteiger partial charge in [-0.3, -0.25) is 14.5 Å². The highest BCUT2D eigenvalue weighted by molar-refractivity contribution is 6.08. The van der Waals surface area contributed by atoms with Crippen molar-refractivity contribution in [1.29, 1.82) is 0 Å². The van der Waals surface area contributed by atoms with Crippen LogP contribution in [-0.4, -0.2) is 61.4 Å². The minimum atomic E-state index is -4.55. The van der Waals surface area contributed by atoms with Crippen molar-refractivity contribution in [3.63, 3.8) is 0 Å². The number of amides is 2. The second-order valence-corrected chi connectivity index (χ2v) is 8.02. The summed E-state index contributed by atoms with van der Waals surface area (Å²) in [5, 5.41) is 4.02. The van der Waals surface area contributed by atoms with Crippen molar-refractivity contribution in [1.82, 2.24) is 9.80 Å². The molecule has 1 heterocycles. The van der Waals surface area contributed by atoms with Crippen LogP contribution in [0.1, 0.15) is 15.9 Å². The number of para-hydroxylation sites is 1. The SMILES string of the molecule is COc1ccc(C(=O)N2CCN(CC(=O)Nc3ccccc3C(F)(F)F)CC2)c2ccccc12. The van der Waals surface area contributed by atoms with Crippen LogP contribution in [0.2, 0.25) is 0 Å². The third kappa shape index (κ3) is 4.99. The lowest BCUT2D eigenvalue weighted by Crippen LogP contribution is -2.50. The van der Waals surface area contributed by atoms with Gasteiger partial charge >= 0.3 is 6.18 Å². The molecule has 3 aromatic carbocycles. The highest BCUT2D eigenvalue weighted by Crippen LogP contribution is 2.34. The van der Waals surface area contributed by atoms with E-state index in [0.717, 1.165) is 16.8 Å². The number of rotatable bonds is 5. The van der Waals surface area contributed by atoms with Gasteiger partial charge in [0.1, 0.15) is 5.75 Å². The van der Waals surface area contributed by atoms with Gasteiger partial charge in [-0.05, 0) is 29.7 Å². The van der Waals surface area contributed by atoms with Crippen LogP contribution in [0.15, 0.2) is 60.7 Å². The first kappa shape index (κ1) is 23.6. The topological polar surface area (TPSA) is 61.9 Å². The van der Waals surface area contributed by atoms with Crippen LogP contribution in [0, 0.1) is 0 Å². The maximum Gasteiger partial charge on any atom is 0.418 e. The molecular formula is C25H24F3N3O3. The number of carbonyl (C=O) groups excluding carboxylic acids is 2. The first-order chi connectivity index (χ1) is 16.3. The van der Waals surface area contributed by atoms with E-state index in [0.29, 0.717) is 37.5 Å². The molecule has 2 amide bonds. The van der Waals surface area contributed by atoms with Crippen molar-refractivity contribution < 1.29 is 27.5 Å². The zero-order valence-corrected chi connectivity index (χ0v) is 18.6. The Morgan fingerprint density at radius 1 is 0.912 bits per heavy atom. The summed E-state index contributed by atoms with van der Waals surface area (Å²) < 4.78 is 44.8. The van der Waals surface area contributed by atoms with E-state index in [9.17, 15) is 22.8 Å². The van der Waals surface area contributed by atoms with Crippen LogP contribution in [0.3, 0.4) is 0 Å². The van der Waals surface area contributed by atoms with Crippen LogP contribution in [0.25, 0.3) is 10.8 Å². The Kier molecular flexibility index (Phi) is 6.74. The molecule has 1 aliphatic heterocycles. The van der Waals surface area contributed by atoms with Crippen molar-refractivity contribution in [3.05, 3.63) is 71.8 Å². The van der Waals surface area contributed by atoms with Crippen LogP contribution >= 0.6 is 0 Å². The smallest absolute Gasteiger partial charge is 0.418 e. The van der Waals surface area contributed by atoms with Gasteiger partial charge in [0.05, 0.1) is 24.9 Å². The molecule has 0 radical (unpaired) electrons. The van der Waals surface area contributed by atoms with Crippen molar-refractivity contribution in [2.24, 2.45) is 0 Å². The molecule has 0 unspecified atom stereocenters. The van der Waals surface area contributed by atoms with E-state index in [1.807, 2.05) is 29.2 Å². The molecule has 0 aromatic heterocycles. The molecule has 0 atom stereocenters. The number of anilines is 1. The lowest BCUT2D eigenvalue weighted by molar-refractivity contribution is -0.137. The fraction of sp³-hybridized carbons (Fsp3) is 0.280. The van der Waals surface area contributed by atoms with E-state index in [1.165, 1.54) is 18.2 Å². The largest absolute Gasteiger partial charge is 0.496 e. The van der Waals surface area contributed by atoms with Gasteiger partial charge in [-0.25, -0.2) is 0 Å². The predicted octanol–water partition coefficient (Wildman–Crippen LogP) is 4.26. The van der Waals surface area contributed by atoms with Crippen molar-refractivity contribution >= 4 is 28.3 Å². The maximum atomic E-state index is 13.2. The summed E-state index contributed by atoms with van der Waals surface area (Å²) >= 11 is 0. The van der Waals surface area contributed by atoms with Crippen molar-refractivity contribution in [3.8, 4) is 5.75 Å². The molecule has 3 aromatic rings. The fourth-order valence-corrected chi connectivity index (χ4v) is 4.15. The molecule has 1 aliphatic rings. The van der Waals surface area contributed by atoms with E-state index < -0.39 is 17.6 Å². The fourth-order valence-electron chi connectivity index (χ4n) is 4.15. The Balaban J connectivity index is 1.38. The van der Waals surface area contributed by atoms with Gasteiger partial charge in [0, 0.05) is 37.1 Å². The Hall–Kier alpha value is -3.59. The second-order valence-electron chi connectivity index (χ2n) is 8.02. The third-order valence-electron chi connectivity index (χ3n) is 5.87. The number of benzene rings is 3. The number of nitrogens with one attached hydrogen (secondary N) is 1. The van der Waals surface area contributed by atoms with Gasteiger partial charge in [0.25, 0.3) is 5.91 Å². The number of hydrogen-bond acceptors (Lipinski definition) is 4. The van der Waals surface area contributed by atoms with E-state index in [1.54, 1.807) is 24.1 Å². The van der Waals surface area contributed by atoms with E-state index >= 15 is 0 Å². The van der Waals surface area contributed by atoms with Crippen molar-refractivity contribution in [2.75, 3.05) is 45.2 Å². The Morgan fingerprint density at radius 3 is 2.24 bits per heavy atom. The van der Waals surface area contributed by atoms with E-state index in [-0.39, 0.29) is 18.1 Å². The summed E-state index contributed by atoms with van der Waals surface area (Å²) in [6.45, 7) is 1.64. The number of piperazine rings is 1. The second kappa shape index (κ2) is 9.72. The molecule has 34 heavy (non-hydrogen) atoms. The van der Waals surface area contributed by atoms with E-state index in [2.05, 4.69) is 5.32 Å². The molecule has 1 saturated heterocycles. The van der Waals surface area contributed by atoms with Gasteiger partial charge in [-0.2, -0.15) is 13.2 Å². The summed E-state index contributed by atoms with van der Waals surface area (Å²) in [7, 11) is 1.58. The number of nitrogens with zero attached hydrogens (tertiary/aromatic N) is 2. The zero-order chi connectivity index (χ0) is 24.3. The van der Waals surface area contributed by atoms with Gasteiger partial charge in [0.15, 0.2) is 0 Å². The highest BCUT2D eigenvalue weighted by atomic mass is 19.4. The number of alkyl halides is 3. The van der Waals surface area contributed by atoms with Crippen molar-refractivity contribution in [2.45, 2.75) is 6.18 Å². The number of carbonyl (C=O) groups is 2. The summed E-state index contributed by atoms with van der Waals surface area (Å²) in [4.78, 5) is 29.1. The van der Waals surface area contributed by atoms with Crippen LogP contribution in [0.5, 0.6) is 5.75 Å². The monoisotopic (exact) mass is 471 g/mol. The first-order valence-electron chi connectivity index (χ1n) is 10.8. The molecule has 178 valence electrons. The summed E-state index contributed by atoms with van der Waals surface area (Å²) in [6.07, 6.45) is -4.55. The van der Waals surface area contributed by atoms with Gasteiger partial charge in [-0.1, -0.05) is 36.4 Å². The Morgan fingerprint density at radius 2 is 1.56 bits per heavy atom. The quantitative estimate of drug-likeness (QED) is 0.604. The average molecular weight is 471 g/mol. The summed E-state index contributed by atoms with van der Waals surface area (Å²) in [5.41, 5.74) is -0.572. The van der Waals surface area contributed by atoms with Crippen LogP contribution < -0.4 is 10.1 Å². The molecule has 0 aliphatic carbocycles. The summed E-state index contributed by atoms with van der Waals surface area (Å²) in [5.74, 6) is 0.0507. The van der Waals surface area contributed by atoms with E-state index in [4.69, 9.17) is 4.74 Å². The standard InChI is InChI=1S/C25H24F3N3O3/c1-34-22-11-10-19(17-6-2-3-7-18(17)22)24(33)31-14-12-30(13-15-31)16-23(32)29-21-9-5-4-8-20(21)25(26,27)28/h2-11H,12-16H2,1H3,(H,29,32). The number of halogens is 3. The number of ether oxygens (including phenoxy) is 1. The molecule has 0 bridgehead atoms. The Labute approximate surface area is 194 Å². The summed E-state index contributed by atoms with van der Waals surface area (Å²) in [6, 6.07) is 15.9. The zero-order valence-electron chi connectivity index (χ0n) is 18.6. The minimum absolute atomic E-state index is 0.0559. The lowest BCUT2D eigenvalue weighted by Gasteiger charge is -2.34. The molecular weight excluding hydrogens is 447 g/mol. The predicted molar refractivity (Wildman–Crippen MR) is 123 cm³/mol. The normalized spacial score (nSPS) is 14.8. The number of methoxy groups -OCH3 is 1. The molecule has 1 fully saturated rings. The molecule has 1 N–H and O–H groups in total. The number of fused-ring (bicyclic) bond motifs is 1. The molecule has 6 nitrogen and oxygen atoms in total. The maximum absolute atomic E-state index is 13.2. The third-order valence-corrected chi connectivity index (χ3v) is 5.87. The van der Waals surface area contributed by atoms with Crippen LogP contribution in [0.4, 0.5) is 18.9 Å². The molecule has 0 spiro atoms.